The molecule has 0 atom stereocenters. The van der Waals surface area contributed by atoms with Crippen LogP contribution < -0.4 is 11.1 Å². The molecule has 66 valence electrons. The van der Waals surface area contributed by atoms with Crippen molar-refractivity contribution in [1.82, 2.24) is 0 Å². The average molecular weight is 164 g/mol. The highest BCUT2D eigenvalue weighted by atomic mass is 14.9. The van der Waals surface area contributed by atoms with E-state index >= 15 is 0 Å². The third-order valence-electron chi connectivity index (χ3n) is 1.77. The largest absolute Gasteiger partial charge is 0.397 e. The van der Waals surface area contributed by atoms with E-state index in [9.17, 15) is 0 Å². The van der Waals surface area contributed by atoms with Crippen LogP contribution in [0.1, 0.15) is 19.4 Å². The van der Waals surface area contributed by atoms with Gasteiger partial charge in [-0.15, -0.1) is 0 Å². The molecule has 0 heterocycles. The van der Waals surface area contributed by atoms with Gasteiger partial charge in [-0.25, -0.2) is 0 Å². The molecule has 0 bridgehead atoms. The van der Waals surface area contributed by atoms with Crippen LogP contribution >= 0.6 is 0 Å². The van der Waals surface area contributed by atoms with Crippen LogP contribution in [0.4, 0.5) is 11.4 Å². The molecule has 0 spiro atoms. The summed E-state index contributed by atoms with van der Waals surface area (Å²) >= 11 is 0. The highest BCUT2D eigenvalue weighted by molar-refractivity contribution is 5.69. The monoisotopic (exact) mass is 164 g/mol. The second kappa shape index (κ2) is 3.48. The van der Waals surface area contributed by atoms with Crippen LogP contribution in [0.25, 0.3) is 0 Å². The molecule has 0 aromatic heterocycles. The molecule has 1 aromatic carbocycles. The Bertz CT molecular complexity index is 267. The van der Waals surface area contributed by atoms with Crippen molar-refractivity contribution >= 4 is 11.4 Å². The van der Waals surface area contributed by atoms with Gasteiger partial charge < -0.3 is 11.1 Å². The first kappa shape index (κ1) is 8.91. The molecule has 0 unspecified atom stereocenters. The Hall–Kier alpha value is -1.18. The molecule has 12 heavy (non-hydrogen) atoms. The Kier molecular flexibility index (Phi) is 2.58. The lowest BCUT2D eigenvalue weighted by atomic mass is 10.1. The number of benzene rings is 1. The van der Waals surface area contributed by atoms with Gasteiger partial charge in [0.25, 0.3) is 0 Å². The topological polar surface area (TPSA) is 38.0 Å². The van der Waals surface area contributed by atoms with Crippen molar-refractivity contribution in [3.8, 4) is 0 Å². The van der Waals surface area contributed by atoms with Gasteiger partial charge in [0.05, 0.1) is 11.4 Å². The maximum atomic E-state index is 5.87. The van der Waals surface area contributed by atoms with E-state index in [2.05, 4.69) is 19.2 Å². The predicted molar refractivity (Wildman–Crippen MR) is 54.4 cm³/mol. The van der Waals surface area contributed by atoms with Gasteiger partial charge in [-0.1, -0.05) is 12.1 Å². The van der Waals surface area contributed by atoms with Crippen molar-refractivity contribution in [2.45, 2.75) is 26.8 Å². The molecular formula is C10H16N2. The number of para-hydroxylation sites is 1. The minimum absolute atomic E-state index is 0.425. The molecule has 0 aliphatic carbocycles. The maximum Gasteiger partial charge on any atom is 0.0579 e. The van der Waals surface area contributed by atoms with Gasteiger partial charge in [0.1, 0.15) is 0 Å². The van der Waals surface area contributed by atoms with Crippen molar-refractivity contribution in [3.63, 3.8) is 0 Å². The van der Waals surface area contributed by atoms with E-state index in [4.69, 9.17) is 5.73 Å². The van der Waals surface area contributed by atoms with E-state index in [0.717, 1.165) is 16.9 Å². The van der Waals surface area contributed by atoms with E-state index < -0.39 is 0 Å². The van der Waals surface area contributed by atoms with Gasteiger partial charge >= 0.3 is 0 Å². The Morgan fingerprint density at radius 1 is 1.33 bits per heavy atom. The SMILES string of the molecule is Cc1cccc(NC(C)C)c1N. The summed E-state index contributed by atoms with van der Waals surface area (Å²) in [6, 6.07) is 6.45. The molecule has 0 saturated heterocycles. The number of rotatable bonds is 2. The predicted octanol–water partition coefficient (Wildman–Crippen LogP) is 2.40. The van der Waals surface area contributed by atoms with Crippen LogP contribution in [0.15, 0.2) is 18.2 Å². The fraction of sp³-hybridized carbons (Fsp3) is 0.400. The molecule has 0 amide bonds. The molecule has 0 fully saturated rings. The lowest BCUT2D eigenvalue weighted by Crippen LogP contribution is -2.11. The summed E-state index contributed by atoms with van der Waals surface area (Å²) in [5, 5.41) is 3.29. The van der Waals surface area contributed by atoms with Crippen molar-refractivity contribution in [2.75, 3.05) is 11.1 Å². The fourth-order valence-corrected chi connectivity index (χ4v) is 1.12. The van der Waals surface area contributed by atoms with E-state index in [1.165, 1.54) is 0 Å². The molecule has 0 radical (unpaired) electrons. The van der Waals surface area contributed by atoms with E-state index in [0.29, 0.717) is 6.04 Å². The number of hydrogen-bond acceptors (Lipinski definition) is 2. The first-order valence-corrected chi connectivity index (χ1v) is 4.23. The van der Waals surface area contributed by atoms with Crippen LogP contribution in [-0.2, 0) is 0 Å². The zero-order valence-electron chi connectivity index (χ0n) is 7.89. The summed E-state index contributed by atoms with van der Waals surface area (Å²) in [6.45, 7) is 6.21. The molecule has 0 aliphatic rings. The average Bonchev–Trinajstić information content (AvgIpc) is 1.98. The van der Waals surface area contributed by atoms with Gasteiger partial charge in [0.15, 0.2) is 0 Å². The molecule has 3 N–H and O–H groups in total. The molecule has 0 aliphatic heterocycles. The van der Waals surface area contributed by atoms with Gasteiger partial charge in [-0.3, -0.25) is 0 Å². The van der Waals surface area contributed by atoms with Crippen LogP contribution in [-0.4, -0.2) is 6.04 Å². The number of nitrogens with one attached hydrogen (secondary N) is 1. The summed E-state index contributed by atoms with van der Waals surface area (Å²) in [4.78, 5) is 0. The minimum Gasteiger partial charge on any atom is -0.397 e. The number of hydrogen-bond donors (Lipinski definition) is 2. The molecular weight excluding hydrogens is 148 g/mol. The van der Waals surface area contributed by atoms with Crippen LogP contribution in [0.3, 0.4) is 0 Å². The van der Waals surface area contributed by atoms with E-state index in [-0.39, 0.29) is 0 Å². The minimum atomic E-state index is 0.425. The third kappa shape index (κ3) is 1.91. The second-order valence-corrected chi connectivity index (χ2v) is 3.34. The van der Waals surface area contributed by atoms with Gasteiger partial charge in [-0.05, 0) is 32.4 Å². The summed E-state index contributed by atoms with van der Waals surface area (Å²) in [7, 11) is 0. The molecule has 2 nitrogen and oxygen atoms in total. The number of nitrogens with two attached hydrogens (primary N) is 1. The Balaban J connectivity index is 2.92. The highest BCUT2D eigenvalue weighted by Gasteiger charge is 2.01. The highest BCUT2D eigenvalue weighted by Crippen LogP contribution is 2.22. The van der Waals surface area contributed by atoms with Crippen LogP contribution in [0.2, 0.25) is 0 Å². The lowest BCUT2D eigenvalue weighted by Gasteiger charge is -2.13. The Morgan fingerprint density at radius 3 is 2.58 bits per heavy atom. The number of aryl methyl sites for hydroxylation is 1. The zero-order chi connectivity index (χ0) is 9.14. The molecule has 1 aromatic rings. The second-order valence-electron chi connectivity index (χ2n) is 3.34. The molecule has 2 heteroatoms. The molecule has 1 rings (SSSR count). The Labute approximate surface area is 73.8 Å². The summed E-state index contributed by atoms with van der Waals surface area (Å²) in [5.74, 6) is 0. The zero-order valence-corrected chi connectivity index (χ0v) is 7.89. The number of nitrogen functional groups attached to an aromatic ring is 1. The smallest absolute Gasteiger partial charge is 0.0579 e. The summed E-state index contributed by atoms with van der Waals surface area (Å²) < 4.78 is 0. The third-order valence-corrected chi connectivity index (χ3v) is 1.77. The van der Waals surface area contributed by atoms with Crippen molar-refractivity contribution in [1.29, 1.82) is 0 Å². The van der Waals surface area contributed by atoms with Gasteiger partial charge in [0.2, 0.25) is 0 Å². The standard InChI is InChI=1S/C10H16N2/c1-7(2)12-9-6-4-5-8(3)10(9)11/h4-7,12H,11H2,1-3H3. The van der Waals surface area contributed by atoms with E-state index in [1.807, 2.05) is 25.1 Å². The van der Waals surface area contributed by atoms with Gasteiger partial charge in [-0.2, -0.15) is 0 Å². The van der Waals surface area contributed by atoms with Crippen molar-refractivity contribution in [3.05, 3.63) is 23.8 Å². The van der Waals surface area contributed by atoms with Crippen molar-refractivity contribution < 1.29 is 0 Å². The van der Waals surface area contributed by atoms with Crippen LogP contribution in [0, 0.1) is 6.92 Å². The maximum absolute atomic E-state index is 5.87. The fourth-order valence-electron chi connectivity index (χ4n) is 1.12. The van der Waals surface area contributed by atoms with Crippen molar-refractivity contribution in [2.24, 2.45) is 0 Å². The summed E-state index contributed by atoms with van der Waals surface area (Å²) in [6.07, 6.45) is 0. The molecule has 0 saturated carbocycles. The lowest BCUT2D eigenvalue weighted by molar-refractivity contribution is 0.900. The quantitative estimate of drug-likeness (QED) is 0.659. The first-order valence-electron chi connectivity index (χ1n) is 4.23. The van der Waals surface area contributed by atoms with Gasteiger partial charge in [0, 0.05) is 6.04 Å². The Morgan fingerprint density at radius 2 is 2.00 bits per heavy atom. The summed E-state index contributed by atoms with van der Waals surface area (Å²) in [5.41, 5.74) is 8.88. The first-order chi connectivity index (χ1) is 5.61. The van der Waals surface area contributed by atoms with E-state index in [1.54, 1.807) is 0 Å². The normalized spacial score (nSPS) is 10.3. The number of anilines is 2. The van der Waals surface area contributed by atoms with Crippen LogP contribution in [0.5, 0.6) is 0 Å².